The summed E-state index contributed by atoms with van der Waals surface area (Å²) in [6.45, 7) is 3.77. The molecular weight excluding hydrogens is 430 g/mol. The van der Waals surface area contributed by atoms with Gasteiger partial charge in [0, 0.05) is 31.9 Å². The first kappa shape index (κ1) is 23.5. The number of aryl methyl sites for hydroxylation is 2. The number of pyridine rings is 1. The van der Waals surface area contributed by atoms with E-state index in [-0.39, 0.29) is 17.7 Å². The second kappa shape index (κ2) is 10.1. The second-order valence-electron chi connectivity index (χ2n) is 9.04. The number of rotatable bonds is 6. The van der Waals surface area contributed by atoms with Crippen LogP contribution >= 0.6 is 0 Å². The Morgan fingerprint density at radius 3 is 2.44 bits per heavy atom. The molecule has 1 aliphatic carbocycles. The highest BCUT2D eigenvalue weighted by Gasteiger charge is 2.32. The molecule has 4 rings (SSSR count). The molecule has 0 unspecified atom stereocenters. The minimum absolute atomic E-state index is 0.0901. The quantitative estimate of drug-likeness (QED) is 0.432. The Bertz CT molecular complexity index is 1180. The number of amides is 2. The van der Waals surface area contributed by atoms with E-state index in [0.29, 0.717) is 17.1 Å². The van der Waals surface area contributed by atoms with Gasteiger partial charge in [-0.2, -0.15) is 9.83 Å². The fourth-order valence-corrected chi connectivity index (χ4v) is 4.82. The molecule has 0 spiro atoms. The zero-order chi connectivity index (χ0) is 24.2. The van der Waals surface area contributed by atoms with Crippen molar-refractivity contribution in [3.05, 3.63) is 71.0 Å². The fraction of sp³-hybridized carbons (Fsp3) is 0.385. The molecule has 1 saturated carbocycles. The Labute approximate surface area is 199 Å². The van der Waals surface area contributed by atoms with Gasteiger partial charge >= 0.3 is 0 Å². The third-order valence-corrected chi connectivity index (χ3v) is 6.73. The summed E-state index contributed by atoms with van der Waals surface area (Å²) in [6.07, 6.45) is 8.16. The van der Waals surface area contributed by atoms with Crippen molar-refractivity contribution >= 4 is 17.5 Å². The third-order valence-electron chi connectivity index (χ3n) is 6.73. The fourth-order valence-electron chi connectivity index (χ4n) is 4.82. The summed E-state index contributed by atoms with van der Waals surface area (Å²) in [6, 6.07) is 10.3. The number of carbonyl (C=O) groups excluding carboxylic acids is 2. The Balaban J connectivity index is 1.52. The number of anilines is 1. The molecule has 2 N–H and O–H groups in total. The molecular formula is C26H31N5O3. The maximum absolute atomic E-state index is 13.3. The van der Waals surface area contributed by atoms with E-state index in [1.807, 2.05) is 31.2 Å². The Morgan fingerprint density at radius 1 is 1.09 bits per heavy atom. The van der Waals surface area contributed by atoms with Gasteiger partial charge in [0.1, 0.15) is 11.7 Å². The standard InChI is InChI=1S/C26H31N5O3/c1-17-14-16-31(34)18(2)23(17)19-9-11-21(12-10-19)28-26(33)24(20-7-5-4-6-8-20)29-25(32)22-13-15-27-30(22)3/h9-16,20,24H,4-8H2,1-3H3,(H,28,33)(H,29,32)/t24-/m0/s1. The van der Waals surface area contributed by atoms with Crippen molar-refractivity contribution in [3.8, 4) is 11.1 Å². The van der Waals surface area contributed by atoms with Crippen LogP contribution in [0.25, 0.3) is 11.1 Å². The molecule has 8 heteroatoms. The van der Waals surface area contributed by atoms with Crippen molar-refractivity contribution < 1.29 is 14.3 Å². The van der Waals surface area contributed by atoms with Crippen LogP contribution in [0.1, 0.15) is 53.8 Å². The van der Waals surface area contributed by atoms with E-state index < -0.39 is 6.04 Å². The molecule has 178 valence electrons. The van der Waals surface area contributed by atoms with Crippen LogP contribution in [-0.2, 0) is 11.8 Å². The van der Waals surface area contributed by atoms with Gasteiger partial charge in [-0.3, -0.25) is 14.3 Å². The van der Waals surface area contributed by atoms with Crippen molar-refractivity contribution in [2.75, 3.05) is 5.32 Å². The molecule has 1 aromatic carbocycles. The first-order chi connectivity index (χ1) is 16.3. The smallest absolute Gasteiger partial charge is 0.270 e. The van der Waals surface area contributed by atoms with E-state index in [1.165, 1.54) is 10.9 Å². The van der Waals surface area contributed by atoms with Gasteiger partial charge in [-0.15, -0.1) is 0 Å². The Morgan fingerprint density at radius 2 is 1.79 bits per heavy atom. The first-order valence-corrected chi connectivity index (χ1v) is 11.7. The molecule has 2 heterocycles. The molecule has 1 fully saturated rings. The summed E-state index contributed by atoms with van der Waals surface area (Å²) in [5, 5.41) is 22.0. The lowest BCUT2D eigenvalue weighted by atomic mass is 9.83. The average Bonchev–Trinajstić information content (AvgIpc) is 3.27. The number of nitrogens with zero attached hydrogens (tertiary/aromatic N) is 3. The number of hydrogen-bond acceptors (Lipinski definition) is 4. The zero-order valence-corrected chi connectivity index (χ0v) is 19.9. The molecule has 2 aromatic heterocycles. The third kappa shape index (κ3) is 4.95. The summed E-state index contributed by atoms with van der Waals surface area (Å²) in [4.78, 5) is 26.2. The minimum atomic E-state index is -0.625. The minimum Gasteiger partial charge on any atom is -0.618 e. The monoisotopic (exact) mass is 461 g/mol. The van der Waals surface area contributed by atoms with Gasteiger partial charge in [0.05, 0.1) is 5.56 Å². The summed E-state index contributed by atoms with van der Waals surface area (Å²) >= 11 is 0. The average molecular weight is 462 g/mol. The molecule has 1 atom stereocenters. The maximum atomic E-state index is 13.3. The lowest BCUT2D eigenvalue weighted by Gasteiger charge is -2.30. The highest BCUT2D eigenvalue weighted by molar-refractivity contribution is 6.00. The van der Waals surface area contributed by atoms with Crippen molar-refractivity contribution in [1.82, 2.24) is 15.1 Å². The molecule has 34 heavy (non-hydrogen) atoms. The van der Waals surface area contributed by atoms with Crippen molar-refractivity contribution in [2.45, 2.75) is 52.0 Å². The van der Waals surface area contributed by atoms with Crippen LogP contribution in [0.15, 0.2) is 48.8 Å². The van der Waals surface area contributed by atoms with E-state index in [2.05, 4.69) is 15.7 Å². The van der Waals surface area contributed by atoms with Crippen LogP contribution in [0.5, 0.6) is 0 Å². The van der Waals surface area contributed by atoms with Gasteiger partial charge in [0.25, 0.3) is 5.91 Å². The van der Waals surface area contributed by atoms with Crippen LogP contribution < -0.4 is 15.4 Å². The summed E-state index contributed by atoms with van der Waals surface area (Å²) in [5.74, 6) is -0.436. The van der Waals surface area contributed by atoms with Crippen molar-refractivity contribution in [1.29, 1.82) is 0 Å². The Kier molecular flexibility index (Phi) is 6.95. The lowest BCUT2D eigenvalue weighted by molar-refractivity contribution is -0.611. The number of aromatic nitrogens is 3. The SMILES string of the molecule is Cc1cc[n+]([O-])c(C)c1-c1ccc(NC(=O)[C@@H](NC(=O)c2ccnn2C)C2CCCCC2)cc1. The highest BCUT2D eigenvalue weighted by atomic mass is 16.5. The van der Waals surface area contributed by atoms with E-state index in [9.17, 15) is 14.8 Å². The van der Waals surface area contributed by atoms with Gasteiger partial charge in [-0.25, -0.2) is 0 Å². The van der Waals surface area contributed by atoms with Crippen molar-refractivity contribution in [3.63, 3.8) is 0 Å². The molecule has 0 bridgehead atoms. The normalized spacial score (nSPS) is 15.0. The van der Waals surface area contributed by atoms with Crippen molar-refractivity contribution in [2.24, 2.45) is 13.0 Å². The predicted molar refractivity (Wildman–Crippen MR) is 130 cm³/mol. The summed E-state index contributed by atoms with van der Waals surface area (Å²) in [5.41, 5.74) is 4.50. The largest absolute Gasteiger partial charge is 0.618 e. The molecule has 3 aromatic rings. The maximum Gasteiger partial charge on any atom is 0.270 e. The molecule has 2 amide bonds. The number of hydrogen-bond donors (Lipinski definition) is 2. The molecule has 0 saturated heterocycles. The first-order valence-electron chi connectivity index (χ1n) is 11.7. The van der Waals surface area contributed by atoms with E-state index in [0.717, 1.165) is 53.5 Å². The number of nitrogens with one attached hydrogen (secondary N) is 2. The predicted octanol–water partition coefficient (Wildman–Crippen LogP) is 3.65. The van der Waals surface area contributed by atoms with Gasteiger partial charge in [-0.05, 0) is 55.0 Å². The molecule has 0 radical (unpaired) electrons. The zero-order valence-electron chi connectivity index (χ0n) is 19.9. The highest BCUT2D eigenvalue weighted by Crippen LogP contribution is 2.29. The number of carbonyl (C=O) groups is 2. The van der Waals surface area contributed by atoms with Crippen LogP contribution in [0.4, 0.5) is 5.69 Å². The Hall–Kier alpha value is -3.68. The molecule has 0 aliphatic heterocycles. The summed E-state index contributed by atoms with van der Waals surface area (Å²) < 4.78 is 2.36. The van der Waals surface area contributed by atoms with E-state index >= 15 is 0 Å². The number of benzene rings is 1. The van der Waals surface area contributed by atoms with Crippen LogP contribution in [0.2, 0.25) is 0 Å². The lowest BCUT2D eigenvalue weighted by Crippen LogP contribution is -2.49. The van der Waals surface area contributed by atoms with Crippen LogP contribution in [0.3, 0.4) is 0 Å². The molecule has 1 aliphatic rings. The van der Waals surface area contributed by atoms with Gasteiger partial charge < -0.3 is 15.8 Å². The van der Waals surface area contributed by atoms with Crippen LogP contribution in [-0.4, -0.2) is 27.6 Å². The van der Waals surface area contributed by atoms with Crippen LogP contribution in [0, 0.1) is 25.0 Å². The van der Waals surface area contributed by atoms with E-state index in [4.69, 9.17) is 0 Å². The van der Waals surface area contributed by atoms with Gasteiger partial charge in [0.15, 0.2) is 11.9 Å². The topological polar surface area (TPSA) is 103 Å². The second-order valence-corrected chi connectivity index (χ2v) is 9.04. The van der Waals surface area contributed by atoms with Gasteiger partial charge in [0.2, 0.25) is 5.91 Å². The molecule has 8 nitrogen and oxygen atoms in total. The van der Waals surface area contributed by atoms with Gasteiger partial charge in [-0.1, -0.05) is 31.4 Å². The summed E-state index contributed by atoms with van der Waals surface area (Å²) in [7, 11) is 1.70. The van der Waals surface area contributed by atoms with E-state index in [1.54, 1.807) is 32.3 Å².